The van der Waals surface area contributed by atoms with E-state index in [0.29, 0.717) is 16.2 Å². The molecule has 0 aromatic heterocycles. The van der Waals surface area contributed by atoms with Crippen LogP contribution in [0.1, 0.15) is 21.5 Å². The van der Waals surface area contributed by atoms with Crippen molar-refractivity contribution in [2.75, 3.05) is 0 Å². The van der Waals surface area contributed by atoms with Gasteiger partial charge in [0.25, 0.3) is 11.1 Å². The monoisotopic (exact) mass is 339 g/mol. The van der Waals surface area contributed by atoms with E-state index in [9.17, 15) is 14.4 Å². The molecule has 1 aliphatic rings. The molecule has 6 heteroatoms. The first kappa shape index (κ1) is 16.0. The van der Waals surface area contributed by atoms with Gasteiger partial charge in [-0.3, -0.25) is 14.9 Å². The number of hydrogen-bond donors (Lipinski definition) is 1. The lowest BCUT2D eigenvalue weighted by Gasteiger charge is -2.08. The van der Waals surface area contributed by atoms with Gasteiger partial charge in [0, 0.05) is 0 Å². The minimum absolute atomic E-state index is 0.341. The molecule has 2 aromatic rings. The first-order valence-electron chi connectivity index (χ1n) is 7.15. The molecular weight excluding hydrogens is 326 g/mol. The van der Waals surface area contributed by atoms with Crippen molar-refractivity contribution in [3.8, 4) is 5.75 Å². The highest BCUT2D eigenvalue weighted by Crippen LogP contribution is 2.27. The van der Waals surface area contributed by atoms with Gasteiger partial charge in [0.1, 0.15) is 5.75 Å². The van der Waals surface area contributed by atoms with Crippen molar-refractivity contribution in [3.05, 3.63) is 70.1 Å². The Balaban J connectivity index is 1.78. The molecule has 1 aliphatic heterocycles. The van der Waals surface area contributed by atoms with Crippen LogP contribution in [0, 0.1) is 6.92 Å². The summed E-state index contributed by atoms with van der Waals surface area (Å²) in [7, 11) is 0. The molecule has 1 N–H and O–H groups in total. The van der Waals surface area contributed by atoms with E-state index in [-0.39, 0.29) is 5.24 Å². The predicted octanol–water partition coefficient (Wildman–Crippen LogP) is 3.54. The molecule has 120 valence electrons. The molecule has 0 unspecified atom stereocenters. The molecular formula is C18H13NO4S. The number of rotatable bonds is 3. The topological polar surface area (TPSA) is 72.5 Å². The van der Waals surface area contributed by atoms with Gasteiger partial charge >= 0.3 is 5.97 Å². The van der Waals surface area contributed by atoms with Crippen LogP contribution in [0.3, 0.4) is 0 Å². The molecule has 0 atom stereocenters. The van der Waals surface area contributed by atoms with Crippen LogP contribution in [0.15, 0.2) is 53.4 Å². The van der Waals surface area contributed by atoms with Crippen LogP contribution in [0.2, 0.25) is 0 Å². The van der Waals surface area contributed by atoms with E-state index >= 15 is 0 Å². The number of carbonyl (C=O) groups excluding carboxylic acids is 3. The quantitative estimate of drug-likeness (QED) is 0.526. The highest BCUT2D eigenvalue weighted by Gasteiger charge is 2.24. The fourth-order valence-electron chi connectivity index (χ4n) is 2.18. The van der Waals surface area contributed by atoms with Gasteiger partial charge in [-0.2, -0.15) is 0 Å². The SMILES string of the molecule is Cc1cc(/C=C2\SC(=O)NC2=O)ccc1OC(=O)c1ccccc1. The van der Waals surface area contributed by atoms with Gasteiger partial charge in [0.15, 0.2) is 0 Å². The lowest BCUT2D eigenvalue weighted by molar-refractivity contribution is -0.115. The largest absolute Gasteiger partial charge is 0.423 e. The fraction of sp³-hybridized carbons (Fsp3) is 0.0556. The van der Waals surface area contributed by atoms with E-state index in [0.717, 1.165) is 22.9 Å². The maximum Gasteiger partial charge on any atom is 0.343 e. The molecule has 0 saturated carbocycles. The lowest BCUT2D eigenvalue weighted by Crippen LogP contribution is -2.17. The van der Waals surface area contributed by atoms with Crippen LogP contribution in [0.4, 0.5) is 4.79 Å². The first-order valence-corrected chi connectivity index (χ1v) is 7.97. The van der Waals surface area contributed by atoms with Crippen molar-refractivity contribution in [2.24, 2.45) is 0 Å². The number of amides is 2. The van der Waals surface area contributed by atoms with Gasteiger partial charge < -0.3 is 4.74 Å². The third-order valence-electron chi connectivity index (χ3n) is 3.35. The molecule has 2 amide bonds. The maximum atomic E-state index is 12.1. The van der Waals surface area contributed by atoms with Crippen LogP contribution in [0.5, 0.6) is 5.75 Å². The first-order chi connectivity index (χ1) is 11.5. The molecule has 2 aromatic carbocycles. The number of aryl methyl sites for hydroxylation is 1. The molecule has 0 aliphatic carbocycles. The molecule has 5 nitrogen and oxygen atoms in total. The third kappa shape index (κ3) is 3.55. The van der Waals surface area contributed by atoms with E-state index in [2.05, 4.69) is 5.32 Å². The van der Waals surface area contributed by atoms with Crippen molar-refractivity contribution in [1.82, 2.24) is 5.32 Å². The van der Waals surface area contributed by atoms with E-state index in [1.165, 1.54) is 0 Å². The summed E-state index contributed by atoms with van der Waals surface area (Å²) >= 11 is 0.863. The minimum atomic E-state index is -0.430. The summed E-state index contributed by atoms with van der Waals surface area (Å²) in [5.41, 5.74) is 1.98. The number of esters is 1. The average molecular weight is 339 g/mol. The van der Waals surface area contributed by atoms with E-state index in [4.69, 9.17) is 4.74 Å². The van der Waals surface area contributed by atoms with Gasteiger partial charge in [-0.05, 0) is 60.2 Å². The Bertz CT molecular complexity index is 859. The van der Waals surface area contributed by atoms with E-state index < -0.39 is 11.9 Å². The Morgan fingerprint density at radius 1 is 1.12 bits per heavy atom. The maximum absolute atomic E-state index is 12.1. The Hall–Kier alpha value is -2.86. The molecule has 1 saturated heterocycles. The number of hydrogen-bond acceptors (Lipinski definition) is 5. The number of ether oxygens (including phenoxy) is 1. The summed E-state index contributed by atoms with van der Waals surface area (Å²) < 4.78 is 5.40. The normalized spacial score (nSPS) is 15.5. The summed E-state index contributed by atoms with van der Waals surface area (Å²) in [4.78, 5) is 35.1. The van der Waals surface area contributed by atoms with Crippen LogP contribution < -0.4 is 10.1 Å². The summed E-state index contributed by atoms with van der Waals surface area (Å²) in [5.74, 6) is -0.381. The van der Waals surface area contributed by atoms with Crippen molar-refractivity contribution in [1.29, 1.82) is 0 Å². The molecule has 24 heavy (non-hydrogen) atoms. The van der Waals surface area contributed by atoms with Crippen LogP contribution in [-0.4, -0.2) is 17.1 Å². The number of benzene rings is 2. The van der Waals surface area contributed by atoms with Gasteiger partial charge in [-0.1, -0.05) is 24.3 Å². The molecule has 0 radical (unpaired) electrons. The third-order valence-corrected chi connectivity index (χ3v) is 4.16. The lowest BCUT2D eigenvalue weighted by atomic mass is 10.1. The Morgan fingerprint density at radius 3 is 2.50 bits per heavy atom. The van der Waals surface area contributed by atoms with E-state index in [1.54, 1.807) is 48.5 Å². The Kier molecular flexibility index (Phi) is 4.48. The number of carbonyl (C=O) groups is 3. The molecule has 1 heterocycles. The second kappa shape index (κ2) is 6.72. The molecule has 0 spiro atoms. The smallest absolute Gasteiger partial charge is 0.343 e. The molecule has 3 rings (SSSR count). The minimum Gasteiger partial charge on any atom is -0.423 e. The second-order valence-electron chi connectivity index (χ2n) is 5.13. The summed E-state index contributed by atoms with van der Waals surface area (Å²) in [6.45, 7) is 1.81. The van der Waals surface area contributed by atoms with E-state index in [1.807, 2.05) is 13.0 Å². The number of thioether (sulfide) groups is 1. The van der Waals surface area contributed by atoms with Crippen molar-refractivity contribution in [2.45, 2.75) is 6.92 Å². The molecule has 1 fully saturated rings. The van der Waals surface area contributed by atoms with Crippen molar-refractivity contribution in [3.63, 3.8) is 0 Å². The van der Waals surface area contributed by atoms with Gasteiger partial charge in [-0.25, -0.2) is 4.79 Å². The Morgan fingerprint density at radius 2 is 1.88 bits per heavy atom. The van der Waals surface area contributed by atoms with Gasteiger partial charge in [-0.15, -0.1) is 0 Å². The van der Waals surface area contributed by atoms with Gasteiger partial charge in [0.2, 0.25) is 0 Å². The number of imide groups is 1. The summed E-state index contributed by atoms with van der Waals surface area (Å²) in [6.07, 6.45) is 1.63. The standard InChI is InChI=1S/C18H13NO4S/c1-11-9-12(10-15-16(20)19-18(22)24-15)7-8-14(11)23-17(21)13-5-3-2-4-6-13/h2-10H,1H3,(H,19,20,22)/b15-10-. The highest BCUT2D eigenvalue weighted by molar-refractivity contribution is 8.18. The van der Waals surface area contributed by atoms with Crippen LogP contribution in [0.25, 0.3) is 6.08 Å². The van der Waals surface area contributed by atoms with Crippen molar-refractivity contribution < 1.29 is 19.1 Å². The zero-order chi connectivity index (χ0) is 17.1. The van der Waals surface area contributed by atoms with Gasteiger partial charge in [0.05, 0.1) is 10.5 Å². The summed E-state index contributed by atoms with van der Waals surface area (Å²) in [5, 5.41) is 1.83. The summed E-state index contributed by atoms with van der Waals surface area (Å²) in [6, 6.07) is 13.9. The zero-order valence-corrected chi connectivity index (χ0v) is 13.6. The highest BCUT2D eigenvalue weighted by atomic mass is 32.2. The average Bonchev–Trinajstić information content (AvgIpc) is 2.88. The second-order valence-corrected chi connectivity index (χ2v) is 6.15. The Labute approximate surface area is 142 Å². The molecule has 0 bridgehead atoms. The number of nitrogens with one attached hydrogen (secondary N) is 1. The fourth-order valence-corrected chi connectivity index (χ4v) is 2.86. The van der Waals surface area contributed by atoms with Crippen LogP contribution >= 0.6 is 11.8 Å². The zero-order valence-electron chi connectivity index (χ0n) is 12.7. The van der Waals surface area contributed by atoms with Crippen LogP contribution in [-0.2, 0) is 4.79 Å². The predicted molar refractivity (Wildman–Crippen MR) is 91.7 cm³/mol. The van der Waals surface area contributed by atoms with Crippen molar-refractivity contribution >= 4 is 35.0 Å².